The van der Waals surface area contributed by atoms with Gasteiger partial charge >= 0.3 is 0 Å². The molecule has 0 amide bonds. The van der Waals surface area contributed by atoms with Gasteiger partial charge in [0.2, 0.25) is 5.88 Å². The van der Waals surface area contributed by atoms with Gasteiger partial charge < -0.3 is 10.1 Å². The lowest BCUT2D eigenvalue weighted by Crippen LogP contribution is -2.29. The molecule has 2 aromatic carbocycles. The van der Waals surface area contributed by atoms with Crippen LogP contribution in [0.25, 0.3) is 33.3 Å². The molecule has 32 heavy (non-hydrogen) atoms. The summed E-state index contributed by atoms with van der Waals surface area (Å²) in [5.74, 6) is 0.0819. The molecule has 0 aliphatic rings. The fourth-order valence-electron chi connectivity index (χ4n) is 3.42. The minimum absolute atomic E-state index is 0.0627. The second-order valence-electron chi connectivity index (χ2n) is 7.55. The van der Waals surface area contributed by atoms with E-state index < -0.39 is 5.82 Å². The van der Waals surface area contributed by atoms with Crippen LogP contribution in [-0.4, -0.2) is 34.1 Å². The van der Waals surface area contributed by atoms with Gasteiger partial charge in [-0.25, -0.2) is 14.4 Å². The summed E-state index contributed by atoms with van der Waals surface area (Å²) in [4.78, 5) is 13.2. The largest absolute Gasteiger partial charge is 0.476 e. The fourth-order valence-corrected chi connectivity index (χ4v) is 3.61. The smallest absolute Gasteiger partial charge is 0.224 e. The predicted octanol–water partition coefficient (Wildman–Crippen LogP) is 5.92. The molecule has 1 unspecified atom stereocenters. The third-order valence-corrected chi connectivity index (χ3v) is 5.65. The van der Waals surface area contributed by atoms with Crippen molar-refractivity contribution in [1.29, 1.82) is 0 Å². The summed E-state index contributed by atoms with van der Waals surface area (Å²) in [5, 5.41) is 4.29. The maximum atomic E-state index is 13.7. The van der Waals surface area contributed by atoms with Gasteiger partial charge in [0, 0.05) is 29.9 Å². The first-order valence-corrected chi connectivity index (χ1v) is 11.0. The molecule has 0 saturated carbocycles. The summed E-state index contributed by atoms with van der Waals surface area (Å²) < 4.78 is 19.6. The third-order valence-electron chi connectivity index (χ3n) is 5.36. The molecule has 164 valence electrons. The van der Waals surface area contributed by atoms with Crippen LogP contribution in [0.2, 0.25) is 5.02 Å². The highest BCUT2D eigenvalue weighted by molar-refractivity contribution is 6.31. The van der Waals surface area contributed by atoms with Gasteiger partial charge in [-0.05, 0) is 55.3 Å². The van der Waals surface area contributed by atoms with E-state index in [1.54, 1.807) is 18.3 Å². The fraction of sp³-hybridized carbons (Fsp3) is 0.240. The van der Waals surface area contributed by atoms with Crippen LogP contribution in [0.4, 0.5) is 4.39 Å². The molecule has 0 saturated heterocycles. The Morgan fingerprint density at radius 2 is 1.91 bits per heavy atom. The average molecular weight is 451 g/mol. The Morgan fingerprint density at radius 3 is 2.72 bits per heavy atom. The number of halogens is 2. The molecule has 4 aromatic rings. The van der Waals surface area contributed by atoms with Crippen molar-refractivity contribution in [2.75, 3.05) is 13.2 Å². The first kappa shape index (κ1) is 22.1. The lowest BCUT2D eigenvalue weighted by molar-refractivity contribution is 0.298. The van der Waals surface area contributed by atoms with Crippen LogP contribution in [0.5, 0.6) is 5.88 Å². The number of nitrogens with zero attached hydrogens (tertiary/aromatic N) is 3. The van der Waals surface area contributed by atoms with Crippen molar-refractivity contribution in [3.63, 3.8) is 0 Å². The second-order valence-corrected chi connectivity index (χ2v) is 7.96. The molecule has 1 N–H and O–H groups in total. The van der Waals surface area contributed by atoms with Crippen molar-refractivity contribution in [3.05, 3.63) is 71.9 Å². The highest BCUT2D eigenvalue weighted by atomic mass is 35.5. The summed E-state index contributed by atoms with van der Waals surface area (Å²) >= 11 is 6.01. The molecule has 4 rings (SSSR count). The van der Waals surface area contributed by atoms with E-state index >= 15 is 0 Å². The first-order valence-electron chi connectivity index (χ1n) is 10.6. The van der Waals surface area contributed by atoms with Crippen molar-refractivity contribution in [3.8, 4) is 28.3 Å². The van der Waals surface area contributed by atoms with E-state index in [1.807, 2.05) is 30.3 Å². The van der Waals surface area contributed by atoms with Crippen molar-refractivity contribution < 1.29 is 9.13 Å². The summed E-state index contributed by atoms with van der Waals surface area (Å²) in [6.45, 7) is 5.53. The lowest BCUT2D eigenvalue weighted by Gasteiger charge is -2.13. The summed E-state index contributed by atoms with van der Waals surface area (Å²) in [6.07, 6.45) is 4.28. The van der Waals surface area contributed by atoms with Gasteiger partial charge in [-0.3, -0.25) is 4.98 Å². The molecule has 7 heteroatoms. The normalized spacial score (nSPS) is 12.1. The van der Waals surface area contributed by atoms with Crippen LogP contribution < -0.4 is 10.1 Å². The van der Waals surface area contributed by atoms with Crippen LogP contribution in [0, 0.1) is 5.82 Å². The van der Waals surface area contributed by atoms with E-state index in [1.165, 1.54) is 12.4 Å². The monoisotopic (exact) mass is 450 g/mol. The Hall–Kier alpha value is -3.09. The maximum Gasteiger partial charge on any atom is 0.224 e. The Balaban J connectivity index is 1.68. The van der Waals surface area contributed by atoms with Crippen LogP contribution in [0.15, 0.2) is 61.1 Å². The van der Waals surface area contributed by atoms with Gasteiger partial charge in [0.05, 0.1) is 21.6 Å². The molecule has 0 bridgehead atoms. The van der Waals surface area contributed by atoms with Gasteiger partial charge in [-0.2, -0.15) is 0 Å². The number of pyridine rings is 1. The van der Waals surface area contributed by atoms with E-state index in [2.05, 4.69) is 34.1 Å². The van der Waals surface area contributed by atoms with Gasteiger partial charge in [-0.1, -0.05) is 30.7 Å². The predicted molar refractivity (Wildman–Crippen MR) is 126 cm³/mol. The number of nitrogens with one attached hydrogen (secondary N) is 1. The Bertz CT molecular complexity index is 1230. The highest BCUT2D eigenvalue weighted by Crippen LogP contribution is 2.34. The van der Waals surface area contributed by atoms with Crippen LogP contribution >= 0.6 is 11.6 Å². The van der Waals surface area contributed by atoms with Crippen molar-refractivity contribution in [2.45, 2.75) is 26.3 Å². The second kappa shape index (κ2) is 10.0. The molecule has 0 fully saturated rings. The summed E-state index contributed by atoms with van der Waals surface area (Å²) in [5.41, 5.74) is 4.07. The molecule has 1 atom stereocenters. The van der Waals surface area contributed by atoms with Gasteiger partial charge in [0.15, 0.2) is 0 Å². The van der Waals surface area contributed by atoms with Crippen LogP contribution in [0.3, 0.4) is 0 Å². The number of hydrogen-bond donors (Lipinski definition) is 1. The summed E-state index contributed by atoms with van der Waals surface area (Å²) in [7, 11) is 0. The van der Waals surface area contributed by atoms with Crippen molar-refractivity contribution in [1.82, 2.24) is 20.3 Å². The molecule has 5 nitrogen and oxygen atoms in total. The van der Waals surface area contributed by atoms with Crippen LogP contribution in [0.1, 0.15) is 20.3 Å². The van der Waals surface area contributed by atoms with Crippen molar-refractivity contribution in [2.24, 2.45) is 0 Å². The molecular weight excluding hydrogens is 427 g/mol. The average Bonchev–Trinajstić information content (AvgIpc) is 2.83. The molecule has 0 spiro atoms. The number of rotatable bonds is 8. The SMILES string of the molecule is CCC(C)NCCOc1ncnc2ccc(-c3cccnc3-c3ccc(F)c(Cl)c3)cc12. The molecule has 0 aliphatic heterocycles. The Morgan fingerprint density at radius 1 is 1.06 bits per heavy atom. The van der Waals surface area contributed by atoms with Gasteiger partial charge in [-0.15, -0.1) is 0 Å². The van der Waals surface area contributed by atoms with E-state index in [0.717, 1.165) is 40.6 Å². The van der Waals surface area contributed by atoms with E-state index in [0.29, 0.717) is 24.2 Å². The Labute approximate surface area is 191 Å². The highest BCUT2D eigenvalue weighted by Gasteiger charge is 2.13. The number of ether oxygens (including phenoxy) is 1. The molecule has 2 heterocycles. The zero-order chi connectivity index (χ0) is 22.5. The topological polar surface area (TPSA) is 59.9 Å². The minimum Gasteiger partial charge on any atom is -0.476 e. The molecule has 0 radical (unpaired) electrons. The minimum atomic E-state index is -0.458. The third kappa shape index (κ3) is 4.87. The number of hydrogen-bond acceptors (Lipinski definition) is 5. The van der Waals surface area contributed by atoms with E-state index in [-0.39, 0.29) is 5.02 Å². The first-order chi connectivity index (χ1) is 15.6. The van der Waals surface area contributed by atoms with Gasteiger partial charge in [0.1, 0.15) is 18.8 Å². The zero-order valence-corrected chi connectivity index (χ0v) is 18.7. The number of fused-ring (bicyclic) bond motifs is 1. The standard InChI is InChI=1S/C25H24ClFN4O/c1-3-16(2)28-11-12-32-25-20-13-17(7-9-23(20)30-15-31-25)19-5-4-10-29-24(19)18-6-8-22(27)21(26)14-18/h4-10,13-16,28H,3,11-12H2,1-2H3. The molecular formula is C25H24ClFN4O. The number of benzene rings is 2. The Kier molecular flexibility index (Phi) is 6.93. The van der Waals surface area contributed by atoms with Crippen LogP contribution in [-0.2, 0) is 0 Å². The lowest BCUT2D eigenvalue weighted by atomic mass is 9.98. The van der Waals surface area contributed by atoms with Crippen molar-refractivity contribution >= 4 is 22.5 Å². The number of aromatic nitrogens is 3. The zero-order valence-electron chi connectivity index (χ0n) is 18.0. The summed E-state index contributed by atoms with van der Waals surface area (Å²) in [6, 6.07) is 14.8. The van der Waals surface area contributed by atoms with E-state index in [4.69, 9.17) is 16.3 Å². The molecule has 2 aromatic heterocycles. The molecule has 0 aliphatic carbocycles. The maximum absolute atomic E-state index is 13.7. The van der Waals surface area contributed by atoms with Gasteiger partial charge in [0.25, 0.3) is 0 Å². The quantitative estimate of drug-likeness (QED) is 0.338. The van der Waals surface area contributed by atoms with E-state index in [9.17, 15) is 4.39 Å².